The number of aliphatic hydroxyl groups is 1. The van der Waals surface area contributed by atoms with E-state index in [0.717, 1.165) is 34.6 Å². The zero-order chi connectivity index (χ0) is 27.3. The van der Waals surface area contributed by atoms with Gasteiger partial charge in [-0.25, -0.2) is 0 Å². The van der Waals surface area contributed by atoms with Crippen molar-refractivity contribution < 1.29 is 35.8 Å². The van der Waals surface area contributed by atoms with Crippen LogP contribution in [-0.4, -0.2) is 24.9 Å². The van der Waals surface area contributed by atoms with Crippen molar-refractivity contribution in [2.24, 2.45) is 5.41 Å². The van der Waals surface area contributed by atoms with Gasteiger partial charge >= 0.3 is 0 Å². The van der Waals surface area contributed by atoms with Crippen LogP contribution < -0.4 is 9.47 Å². The normalized spacial score (nSPS) is 10.6. The Bertz CT molecular complexity index is 1020. The molecule has 3 aromatic carbocycles. The zero-order valence-corrected chi connectivity index (χ0v) is 26.6. The van der Waals surface area contributed by atoms with Crippen molar-refractivity contribution in [1.29, 1.82) is 0 Å². The summed E-state index contributed by atoms with van der Waals surface area (Å²) in [5.74, 6) is 1.70. The molecule has 0 aromatic heterocycles. The van der Waals surface area contributed by atoms with Gasteiger partial charge < -0.3 is 41.1 Å². The van der Waals surface area contributed by atoms with E-state index in [0.29, 0.717) is 31.8 Å². The summed E-state index contributed by atoms with van der Waals surface area (Å²) in [5, 5.41) is 8.92. The minimum atomic E-state index is 0. The predicted molar refractivity (Wildman–Crippen MR) is 166 cm³/mol. The molecular weight excluding hydrogens is 543 g/mol. The summed E-state index contributed by atoms with van der Waals surface area (Å²) in [6, 6.07) is 23.8. The molecule has 5 heteroatoms. The predicted octanol–water partition coefficient (Wildman–Crippen LogP) is 8.47. The zero-order valence-electron chi connectivity index (χ0n) is 25.6. The number of rotatable bonds is 11. The third-order valence-corrected chi connectivity index (χ3v) is 5.78. The minimum absolute atomic E-state index is 0. The topological polar surface area (TPSA) is 47.9 Å². The molecule has 4 nitrogen and oxygen atoms in total. The van der Waals surface area contributed by atoms with Crippen molar-refractivity contribution in [3.8, 4) is 11.5 Å². The summed E-state index contributed by atoms with van der Waals surface area (Å²) in [5.41, 5.74) is 4.86. The number of aliphatic hydroxyl groups excluding tert-OH is 1. The van der Waals surface area contributed by atoms with Gasteiger partial charge in [0.25, 0.3) is 0 Å². The molecule has 228 valence electrons. The smallest absolute Gasteiger partial charge is 0.119 e. The Balaban J connectivity index is 0. The molecule has 0 saturated carbocycles. The van der Waals surface area contributed by atoms with Crippen molar-refractivity contribution in [2.45, 2.75) is 59.7 Å². The van der Waals surface area contributed by atoms with Crippen LogP contribution in [0.25, 0.3) is 0 Å². The maximum Gasteiger partial charge on any atom is 0.119 e. The van der Waals surface area contributed by atoms with Crippen LogP contribution in [0.5, 0.6) is 11.5 Å². The van der Waals surface area contributed by atoms with Crippen molar-refractivity contribution in [1.82, 2.24) is 0 Å². The molecule has 0 aliphatic carbocycles. The summed E-state index contributed by atoms with van der Waals surface area (Å²) < 4.78 is 16.4. The fourth-order valence-electron chi connectivity index (χ4n) is 4.24. The van der Waals surface area contributed by atoms with Gasteiger partial charge in [0.1, 0.15) is 24.7 Å². The number of ether oxygens (including phenoxy) is 3. The fourth-order valence-corrected chi connectivity index (χ4v) is 4.24. The van der Waals surface area contributed by atoms with Gasteiger partial charge in [0.15, 0.2) is 0 Å². The molecule has 3 aromatic rings. The molecule has 0 atom stereocenters. The Kier molecular flexibility index (Phi) is 19.4. The first-order chi connectivity index (χ1) is 17.5. The molecule has 0 aliphatic heterocycles. The van der Waals surface area contributed by atoms with E-state index >= 15 is 0 Å². The van der Waals surface area contributed by atoms with Gasteiger partial charge in [0, 0.05) is 16.5 Å². The first-order valence-corrected chi connectivity index (χ1v) is 12.9. The summed E-state index contributed by atoms with van der Waals surface area (Å²) in [4.78, 5) is 0. The van der Waals surface area contributed by atoms with E-state index in [1.807, 2.05) is 60.7 Å². The second-order valence-electron chi connectivity index (χ2n) is 11.0. The van der Waals surface area contributed by atoms with Crippen molar-refractivity contribution in [2.75, 3.05) is 19.8 Å². The van der Waals surface area contributed by atoms with E-state index in [9.17, 15) is 0 Å². The molecule has 1 N–H and O–H groups in total. The van der Waals surface area contributed by atoms with Gasteiger partial charge in [-0.15, -0.1) is 12.1 Å². The average molecular weight is 593 g/mol. The van der Waals surface area contributed by atoms with Gasteiger partial charge in [-0.2, -0.15) is 24.6 Å². The van der Waals surface area contributed by atoms with Crippen LogP contribution in [0.15, 0.2) is 72.8 Å². The molecule has 40 heavy (non-hydrogen) atoms. The molecule has 3 rings (SSSR count). The van der Waals surface area contributed by atoms with Gasteiger partial charge in [0.2, 0.25) is 0 Å². The number of hydrogen-bond donors (Lipinski definition) is 1. The van der Waals surface area contributed by atoms with Crippen molar-refractivity contribution >= 4 is 0 Å². The Morgan fingerprint density at radius 3 is 1.70 bits per heavy atom. The molecule has 0 bridgehead atoms. The molecule has 0 amide bonds. The molecule has 0 unspecified atom stereocenters. The van der Waals surface area contributed by atoms with Crippen LogP contribution in [-0.2, 0) is 39.9 Å². The fraction of sp³-hybridized carbons (Fsp3) is 0.371. The minimum Gasteiger partial charge on any atom is -0.491 e. The second kappa shape index (κ2) is 19.6. The van der Waals surface area contributed by atoms with Crippen molar-refractivity contribution in [3.63, 3.8) is 0 Å². The maximum absolute atomic E-state index is 8.92. The molecule has 0 aliphatic rings. The second-order valence-corrected chi connectivity index (χ2v) is 11.0. The summed E-state index contributed by atoms with van der Waals surface area (Å²) in [7, 11) is 0. The van der Waals surface area contributed by atoms with Crippen LogP contribution in [0.1, 0.15) is 63.3 Å². The number of hydrogen-bond acceptors (Lipinski definition) is 4. The van der Waals surface area contributed by atoms with Crippen LogP contribution in [0.2, 0.25) is 0 Å². The van der Waals surface area contributed by atoms with Gasteiger partial charge in [-0.05, 0) is 58.2 Å². The monoisotopic (exact) mass is 592 g/mol. The molecule has 0 radical (unpaired) electrons. The van der Waals surface area contributed by atoms with Crippen LogP contribution in [0, 0.1) is 34.1 Å². The standard InChI is InChI=1S/C18H29O2.C15H15O2.2CH3.Ni/c1-7-19-12-13-20-16-10-8-15(9-11-16)18(5,6)14-17(2,3)4;1-12-2-4-14(5-3-12)11-17-15-8-6-13(10-16)7-9-15;;;/h8-11H,1,7,12-14H2,2-6H3;2-9,16H,1,10-11H2;2*1H3;/q4*-1;. The van der Waals surface area contributed by atoms with Gasteiger partial charge in [-0.3, -0.25) is 0 Å². The van der Waals surface area contributed by atoms with Crippen LogP contribution >= 0.6 is 0 Å². The first-order valence-electron chi connectivity index (χ1n) is 12.9. The summed E-state index contributed by atoms with van der Waals surface area (Å²) in [6.45, 7) is 21.2. The Morgan fingerprint density at radius 1 is 0.700 bits per heavy atom. The summed E-state index contributed by atoms with van der Waals surface area (Å²) >= 11 is 0. The first kappa shape index (κ1) is 39.7. The van der Waals surface area contributed by atoms with Crippen molar-refractivity contribution in [3.05, 3.63) is 124 Å². The van der Waals surface area contributed by atoms with E-state index < -0.39 is 0 Å². The third kappa shape index (κ3) is 15.4. The number of benzene rings is 3. The van der Waals surface area contributed by atoms with Crippen LogP contribution in [0.4, 0.5) is 0 Å². The maximum atomic E-state index is 8.92. The molecular formula is C35H50NiO4-4. The van der Waals surface area contributed by atoms with Gasteiger partial charge in [0.05, 0.1) is 13.2 Å². The van der Waals surface area contributed by atoms with E-state index in [-0.39, 0.29) is 43.4 Å². The van der Waals surface area contributed by atoms with Gasteiger partial charge in [-0.1, -0.05) is 65.5 Å². The van der Waals surface area contributed by atoms with E-state index in [2.05, 4.69) is 60.6 Å². The molecule has 0 heterocycles. The van der Waals surface area contributed by atoms with E-state index in [4.69, 9.17) is 19.3 Å². The molecule has 0 fully saturated rings. The van der Waals surface area contributed by atoms with Crippen LogP contribution in [0.3, 0.4) is 0 Å². The van der Waals surface area contributed by atoms with E-state index in [1.165, 1.54) is 5.56 Å². The third-order valence-electron chi connectivity index (χ3n) is 5.78. The Labute approximate surface area is 255 Å². The van der Waals surface area contributed by atoms with E-state index in [1.54, 1.807) is 0 Å². The quantitative estimate of drug-likeness (QED) is 0.138. The average Bonchev–Trinajstić information content (AvgIpc) is 2.86. The Hall–Kier alpha value is -2.46. The largest absolute Gasteiger partial charge is 0.491 e. The SMILES string of the molecule is [CH2-]COCCOc1ccc(C(C)(C)CC(C)(C)C)cc1.[CH2-]c1ccc(COc2ccc(CO)cc2)cc1.[CH3-].[CH3-].[Ni]. The molecule has 0 saturated heterocycles. The molecule has 0 spiro atoms. The Morgan fingerprint density at radius 2 is 1.20 bits per heavy atom. The summed E-state index contributed by atoms with van der Waals surface area (Å²) in [6.07, 6.45) is 1.15.